The van der Waals surface area contributed by atoms with Crippen LogP contribution in [0.4, 0.5) is 0 Å². The Bertz CT molecular complexity index is 345. The second-order valence-electron chi connectivity index (χ2n) is 2.78. The maximum Gasteiger partial charge on any atom is 0.113 e. The molecule has 2 aromatic rings. The summed E-state index contributed by atoms with van der Waals surface area (Å²) < 4.78 is 0. The highest BCUT2D eigenvalue weighted by molar-refractivity contribution is 5.72. The summed E-state index contributed by atoms with van der Waals surface area (Å²) >= 11 is 0. The summed E-state index contributed by atoms with van der Waals surface area (Å²) in [5.41, 5.74) is 1.96. The number of rotatable bonds is 2. The van der Waals surface area contributed by atoms with Crippen molar-refractivity contribution in [3.63, 3.8) is 0 Å². The molecule has 1 aromatic heterocycles. The molecule has 0 saturated carbocycles. The van der Waals surface area contributed by atoms with Crippen molar-refractivity contribution in [1.29, 1.82) is 0 Å². The van der Waals surface area contributed by atoms with E-state index in [-0.39, 0.29) is 0 Å². The average molecular weight is 161 g/mol. The summed E-state index contributed by atoms with van der Waals surface area (Å²) in [7, 11) is 0. The summed E-state index contributed by atoms with van der Waals surface area (Å²) in [4.78, 5) is 1.75. The van der Waals surface area contributed by atoms with Gasteiger partial charge in [0.25, 0.3) is 0 Å². The van der Waals surface area contributed by atoms with Crippen LogP contribution < -0.4 is 0 Å². The number of nitrogens with zero attached hydrogens (tertiary/aromatic N) is 3. The van der Waals surface area contributed by atoms with Gasteiger partial charge in [-0.2, -0.15) is 15.0 Å². The third-order valence-electron chi connectivity index (χ3n) is 1.75. The highest BCUT2D eigenvalue weighted by atomic mass is 15.5. The summed E-state index contributed by atoms with van der Waals surface area (Å²) in [6.07, 6.45) is 1.07. The lowest BCUT2D eigenvalue weighted by Crippen LogP contribution is -2.00. The van der Waals surface area contributed by atoms with Crippen molar-refractivity contribution in [2.75, 3.05) is 0 Å². The van der Waals surface area contributed by atoms with Gasteiger partial charge in [-0.1, -0.05) is 19.1 Å². The second kappa shape index (κ2) is 2.93. The van der Waals surface area contributed by atoms with Gasteiger partial charge >= 0.3 is 0 Å². The lowest BCUT2D eigenvalue weighted by Gasteiger charge is -1.91. The zero-order valence-corrected chi connectivity index (χ0v) is 7.07. The first kappa shape index (κ1) is 7.28. The summed E-state index contributed by atoms with van der Waals surface area (Å²) in [6.45, 7) is 3.02. The van der Waals surface area contributed by atoms with Gasteiger partial charge in [0.1, 0.15) is 11.0 Å². The quantitative estimate of drug-likeness (QED) is 0.672. The molecule has 0 fully saturated rings. The minimum atomic E-state index is 0.898. The van der Waals surface area contributed by atoms with Gasteiger partial charge in [0, 0.05) is 0 Å². The first-order valence-electron chi connectivity index (χ1n) is 4.20. The predicted molar refractivity (Wildman–Crippen MR) is 47.8 cm³/mol. The van der Waals surface area contributed by atoms with E-state index in [1.807, 2.05) is 24.3 Å². The van der Waals surface area contributed by atoms with Crippen molar-refractivity contribution in [3.8, 4) is 0 Å². The van der Waals surface area contributed by atoms with Crippen LogP contribution in [-0.2, 0) is 6.54 Å². The summed E-state index contributed by atoms with van der Waals surface area (Å²) in [5.74, 6) is 0. The van der Waals surface area contributed by atoms with Crippen LogP contribution >= 0.6 is 0 Å². The zero-order valence-electron chi connectivity index (χ0n) is 7.07. The molecule has 0 saturated heterocycles. The smallest absolute Gasteiger partial charge is 0.113 e. The molecule has 2 rings (SSSR count). The first-order valence-corrected chi connectivity index (χ1v) is 4.20. The van der Waals surface area contributed by atoms with Crippen molar-refractivity contribution in [2.24, 2.45) is 0 Å². The fourth-order valence-corrected chi connectivity index (χ4v) is 1.20. The minimum Gasteiger partial charge on any atom is -0.184 e. The van der Waals surface area contributed by atoms with Gasteiger partial charge in [0.05, 0.1) is 6.54 Å². The maximum absolute atomic E-state index is 4.31. The van der Waals surface area contributed by atoms with Crippen LogP contribution in [0.15, 0.2) is 24.3 Å². The molecule has 0 bridgehead atoms. The van der Waals surface area contributed by atoms with E-state index in [2.05, 4.69) is 17.1 Å². The topological polar surface area (TPSA) is 30.7 Å². The van der Waals surface area contributed by atoms with Crippen molar-refractivity contribution in [1.82, 2.24) is 15.0 Å². The van der Waals surface area contributed by atoms with E-state index in [0.717, 1.165) is 24.0 Å². The highest BCUT2D eigenvalue weighted by Crippen LogP contribution is 2.06. The number of hydrogen-bond donors (Lipinski definition) is 0. The van der Waals surface area contributed by atoms with Gasteiger partial charge in [-0.3, -0.25) is 0 Å². The molecule has 3 nitrogen and oxygen atoms in total. The highest BCUT2D eigenvalue weighted by Gasteiger charge is 1.98. The number of hydrogen-bond acceptors (Lipinski definition) is 2. The van der Waals surface area contributed by atoms with Crippen LogP contribution in [0, 0.1) is 0 Å². The molecule has 1 heterocycles. The third-order valence-corrected chi connectivity index (χ3v) is 1.75. The molecular formula is C9H11N3. The zero-order chi connectivity index (χ0) is 8.39. The predicted octanol–water partition coefficient (Wildman–Crippen LogP) is 1.84. The van der Waals surface area contributed by atoms with Crippen molar-refractivity contribution in [3.05, 3.63) is 24.3 Å². The fourth-order valence-electron chi connectivity index (χ4n) is 1.20. The first-order chi connectivity index (χ1) is 5.90. The number of benzene rings is 1. The molecule has 0 N–H and O–H groups in total. The van der Waals surface area contributed by atoms with E-state index in [1.165, 1.54) is 0 Å². The van der Waals surface area contributed by atoms with Gasteiger partial charge in [0.15, 0.2) is 0 Å². The van der Waals surface area contributed by atoms with E-state index in [1.54, 1.807) is 4.80 Å². The van der Waals surface area contributed by atoms with Crippen LogP contribution in [0.3, 0.4) is 0 Å². The molecule has 0 amide bonds. The maximum atomic E-state index is 4.31. The van der Waals surface area contributed by atoms with E-state index in [4.69, 9.17) is 0 Å². The average Bonchev–Trinajstić information content (AvgIpc) is 2.47. The van der Waals surface area contributed by atoms with Crippen LogP contribution in [0.25, 0.3) is 11.0 Å². The second-order valence-corrected chi connectivity index (χ2v) is 2.78. The van der Waals surface area contributed by atoms with Crippen LogP contribution in [0.2, 0.25) is 0 Å². The van der Waals surface area contributed by atoms with Gasteiger partial charge in [-0.05, 0) is 18.6 Å². The van der Waals surface area contributed by atoms with Gasteiger partial charge in [-0.15, -0.1) is 0 Å². The Morgan fingerprint density at radius 1 is 1.17 bits per heavy atom. The SMILES string of the molecule is CCCn1nc2ccccc2n1. The van der Waals surface area contributed by atoms with E-state index in [0.29, 0.717) is 0 Å². The fraction of sp³-hybridized carbons (Fsp3) is 0.333. The molecular weight excluding hydrogens is 150 g/mol. The molecule has 0 unspecified atom stereocenters. The standard InChI is InChI=1S/C9H11N3/c1-2-7-12-10-8-5-3-4-6-9(8)11-12/h3-6H,2,7H2,1H3. The normalized spacial score (nSPS) is 10.8. The van der Waals surface area contributed by atoms with Gasteiger partial charge in [0.2, 0.25) is 0 Å². The Kier molecular flexibility index (Phi) is 1.78. The molecule has 0 radical (unpaired) electrons. The third kappa shape index (κ3) is 1.18. The molecule has 0 aliphatic rings. The molecule has 0 aliphatic heterocycles. The molecule has 12 heavy (non-hydrogen) atoms. The minimum absolute atomic E-state index is 0.898. The molecule has 0 atom stereocenters. The van der Waals surface area contributed by atoms with E-state index >= 15 is 0 Å². The van der Waals surface area contributed by atoms with E-state index < -0.39 is 0 Å². The number of fused-ring (bicyclic) bond motifs is 1. The van der Waals surface area contributed by atoms with Gasteiger partial charge < -0.3 is 0 Å². The van der Waals surface area contributed by atoms with Crippen molar-refractivity contribution in [2.45, 2.75) is 19.9 Å². The Labute approximate surface area is 71.0 Å². The molecule has 0 spiro atoms. The van der Waals surface area contributed by atoms with Crippen LogP contribution in [0.5, 0.6) is 0 Å². The van der Waals surface area contributed by atoms with Gasteiger partial charge in [-0.25, -0.2) is 0 Å². The number of aryl methyl sites for hydroxylation is 1. The lowest BCUT2D eigenvalue weighted by atomic mass is 10.3. The molecule has 0 aliphatic carbocycles. The number of aromatic nitrogens is 3. The Morgan fingerprint density at radius 3 is 2.25 bits per heavy atom. The van der Waals surface area contributed by atoms with Crippen LogP contribution in [0.1, 0.15) is 13.3 Å². The lowest BCUT2D eigenvalue weighted by molar-refractivity contribution is 0.535. The molecule has 3 heteroatoms. The van der Waals surface area contributed by atoms with Crippen molar-refractivity contribution < 1.29 is 0 Å². The molecule has 1 aromatic carbocycles. The van der Waals surface area contributed by atoms with E-state index in [9.17, 15) is 0 Å². The Balaban J connectivity index is 2.47. The molecule has 62 valence electrons. The Morgan fingerprint density at radius 2 is 1.75 bits per heavy atom. The Hall–Kier alpha value is -1.38. The summed E-state index contributed by atoms with van der Waals surface area (Å²) in [5, 5.41) is 8.62. The van der Waals surface area contributed by atoms with Crippen LogP contribution in [-0.4, -0.2) is 15.0 Å². The monoisotopic (exact) mass is 161 g/mol. The largest absolute Gasteiger partial charge is 0.184 e. The van der Waals surface area contributed by atoms with Crippen molar-refractivity contribution >= 4 is 11.0 Å². The summed E-state index contributed by atoms with van der Waals surface area (Å²) in [6, 6.07) is 7.92.